The Morgan fingerprint density at radius 2 is 1.74 bits per heavy atom. The lowest BCUT2D eigenvalue weighted by atomic mass is 10.2. The van der Waals surface area contributed by atoms with Gasteiger partial charge in [0.2, 0.25) is 0 Å². The second kappa shape index (κ2) is 4.09. The zero-order valence-corrected chi connectivity index (χ0v) is 9.82. The standard InChI is InChI=1S/C13H10N4O2/c14-9-3-6-11-12(7-9)16-17(15-11)10-4-1-8(2-5-10)13(18)19/h1-7H,14H2,(H,18,19). The first-order chi connectivity index (χ1) is 9.13. The van der Waals surface area contributed by atoms with Crippen molar-refractivity contribution in [2.75, 3.05) is 5.73 Å². The quantitative estimate of drug-likeness (QED) is 0.679. The van der Waals surface area contributed by atoms with E-state index in [2.05, 4.69) is 10.2 Å². The highest BCUT2D eigenvalue weighted by Crippen LogP contribution is 2.15. The van der Waals surface area contributed by atoms with E-state index in [1.165, 1.54) is 16.9 Å². The SMILES string of the molecule is Nc1ccc2nn(-c3ccc(C(=O)O)cc3)nc2c1. The van der Waals surface area contributed by atoms with Crippen LogP contribution in [0.1, 0.15) is 10.4 Å². The summed E-state index contributed by atoms with van der Waals surface area (Å²) >= 11 is 0. The van der Waals surface area contributed by atoms with Crippen molar-refractivity contribution in [3.63, 3.8) is 0 Å². The van der Waals surface area contributed by atoms with Crippen LogP contribution in [0.3, 0.4) is 0 Å². The van der Waals surface area contributed by atoms with Crippen LogP contribution in [0, 0.1) is 0 Å². The third-order valence-corrected chi connectivity index (χ3v) is 2.75. The fourth-order valence-corrected chi connectivity index (χ4v) is 1.78. The predicted molar refractivity (Wildman–Crippen MR) is 70.2 cm³/mol. The molecule has 0 fully saturated rings. The van der Waals surface area contributed by atoms with Gasteiger partial charge < -0.3 is 10.8 Å². The molecule has 6 nitrogen and oxygen atoms in total. The summed E-state index contributed by atoms with van der Waals surface area (Å²) < 4.78 is 0. The molecular formula is C13H10N4O2. The highest BCUT2D eigenvalue weighted by molar-refractivity contribution is 5.87. The van der Waals surface area contributed by atoms with E-state index >= 15 is 0 Å². The van der Waals surface area contributed by atoms with Crippen LogP contribution in [0.15, 0.2) is 42.5 Å². The normalized spacial score (nSPS) is 10.7. The number of fused-ring (bicyclic) bond motifs is 1. The van der Waals surface area contributed by atoms with Gasteiger partial charge in [-0.25, -0.2) is 4.79 Å². The van der Waals surface area contributed by atoms with Crippen LogP contribution >= 0.6 is 0 Å². The molecule has 0 saturated carbocycles. The average molecular weight is 254 g/mol. The minimum atomic E-state index is -0.960. The van der Waals surface area contributed by atoms with Crippen LogP contribution < -0.4 is 5.73 Å². The summed E-state index contributed by atoms with van der Waals surface area (Å²) in [6.45, 7) is 0. The number of carboxylic acids is 1. The summed E-state index contributed by atoms with van der Waals surface area (Å²) in [5.41, 5.74) is 8.66. The minimum absolute atomic E-state index is 0.227. The number of nitrogens with zero attached hydrogens (tertiary/aromatic N) is 3. The molecule has 94 valence electrons. The van der Waals surface area contributed by atoms with E-state index < -0.39 is 5.97 Å². The van der Waals surface area contributed by atoms with Gasteiger partial charge in [-0.05, 0) is 42.5 Å². The first-order valence-electron chi connectivity index (χ1n) is 5.60. The molecule has 1 aromatic heterocycles. The molecular weight excluding hydrogens is 244 g/mol. The Hall–Kier alpha value is -2.89. The van der Waals surface area contributed by atoms with E-state index in [0.717, 1.165) is 5.52 Å². The molecule has 0 unspecified atom stereocenters. The van der Waals surface area contributed by atoms with Crippen LogP contribution in [0.2, 0.25) is 0 Å². The maximum Gasteiger partial charge on any atom is 0.335 e. The fourth-order valence-electron chi connectivity index (χ4n) is 1.78. The van der Waals surface area contributed by atoms with Gasteiger partial charge in [0.1, 0.15) is 11.0 Å². The number of anilines is 1. The maximum absolute atomic E-state index is 10.8. The van der Waals surface area contributed by atoms with E-state index in [0.29, 0.717) is 16.9 Å². The molecule has 0 aliphatic rings. The zero-order chi connectivity index (χ0) is 13.4. The monoisotopic (exact) mass is 254 g/mol. The first-order valence-corrected chi connectivity index (χ1v) is 5.60. The Kier molecular flexibility index (Phi) is 2.42. The number of hydrogen-bond acceptors (Lipinski definition) is 4. The molecule has 0 aliphatic heterocycles. The van der Waals surface area contributed by atoms with Gasteiger partial charge in [-0.15, -0.1) is 10.2 Å². The van der Waals surface area contributed by atoms with Gasteiger partial charge >= 0.3 is 5.97 Å². The molecule has 1 heterocycles. The van der Waals surface area contributed by atoms with Gasteiger partial charge in [-0.3, -0.25) is 0 Å². The van der Waals surface area contributed by atoms with Gasteiger partial charge in [0, 0.05) is 5.69 Å². The van der Waals surface area contributed by atoms with Crippen molar-refractivity contribution in [1.82, 2.24) is 15.0 Å². The van der Waals surface area contributed by atoms with Crippen LogP contribution in [0.4, 0.5) is 5.69 Å². The molecule has 0 saturated heterocycles. The van der Waals surface area contributed by atoms with Crippen molar-refractivity contribution in [1.29, 1.82) is 0 Å². The molecule has 0 bridgehead atoms. The van der Waals surface area contributed by atoms with Crippen molar-refractivity contribution in [3.8, 4) is 5.69 Å². The Labute approximate surface area is 108 Å². The summed E-state index contributed by atoms with van der Waals surface area (Å²) in [7, 11) is 0. The van der Waals surface area contributed by atoms with E-state index in [4.69, 9.17) is 10.8 Å². The summed E-state index contributed by atoms with van der Waals surface area (Å²) in [5, 5.41) is 17.4. The molecule has 0 amide bonds. The number of nitrogens with two attached hydrogens (primary N) is 1. The molecule has 3 aromatic rings. The number of benzene rings is 2. The largest absolute Gasteiger partial charge is 0.478 e. The van der Waals surface area contributed by atoms with Crippen molar-refractivity contribution in [3.05, 3.63) is 48.0 Å². The summed E-state index contributed by atoms with van der Waals surface area (Å²) in [6, 6.07) is 11.6. The van der Waals surface area contributed by atoms with Crippen LogP contribution in [-0.2, 0) is 0 Å². The maximum atomic E-state index is 10.8. The number of nitrogen functional groups attached to an aromatic ring is 1. The van der Waals surface area contributed by atoms with Gasteiger partial charge in [0.25, 0.3) is 0 Å². The molecule has 0 spiro atoms. The highest BCUT2D eigenvalue weighted by Gasteiger charge is 2.06. The second-order valence-electron chi connectivity index (χ2n) is 4.09. The molecule has 6 heteroatoms. The minimum Gasteiger partial charge on any atom is -0.478 e. The Morgan fingerprint density at radius 1 is 1.05 bits per heavy atom. The van der Waals surface area contributed by atoms with Crippen molar-refractivity contribution >= 4 is 22.7 Å². The molecule has 0 atom stereocenters. The van der Waals surface area contributed by atoms with Crippen molar-refractivity contribution in [2.45, 2.75) is 0 Å². The van der Waals surface area contributed by atoms with E-state index in [1.807, 2.05) is 0 Å². The average Bonchev–Trinajstić information content (AvgIpc) is 2.81. The highest BCUT2D eigenvalue weighted by atomic mass is 16.4. The molecule has 19 heavy (non-hydrogen) atoms. The lowest BCUT2D eigenvalue weighted by molar-refractivity contribution is 0.0697. The van der Waals surface area contributed by atoms with E-state index in [9.17, 15) is 4.79 Å². The second-order valence-corrected chi connectivity index (χ2v) is 4.09. The van der Waals surface area contributed by atoms with E-state index in [1.54, 1.807) is 30.3 Å². The molecule has 3 rings (SSSR count). The molecule has 2 aromatic carbocycles. The third-order valence-electron chi connectivity index (χ3n) is 2.75. The smallest absolute Gasteiger partial charge is 0.335 e. The van der Waals surface area contributed by atoms with Gasteiger partial charge in [-0.2, -0.15) is 4.80 Å². The zero-order valence-electron chi connectivity index (χ0n) is 9.82. The number of rotatable bonds is 2. The predicted octanol–water partition coefficient (Wildman–Crippen LogP) is 1.70. The molecule has 0 radical (unpaired) electrons. The topological polar surface area (TPSA) is 94.0 Å². The third kappa shape index (κ3) is 1.99. The fraction of sp³-hybridized carbons (Fsp3) is 0. The summed E-state index contributed by atoms with van der Waals surface area (Å²) in [4.78, 5) is 12.2. The Balaban J connectivity index is 2.06. The van der Waals surface area contributed by atoms with E-state index in [-0.39, 0.29) is 5.56 Å². The number of hydrogen-bond donors (Lipinski definition) is 2. The van der Waals surface area contributed by atoms with Crippen molar-refractivity contribution in [2.24, 2.45) is 0 Å². The van der Waals surface area contributed by atoms with Gasteiger partial charge in [-0.1, -0.05) is 0 Å². The van der Waals surface area contributed by atoms with Crippen LogP contribution in [-0.4, -0.2) is 26.1 Å². The lowest BCUT2D eigenvalue weighted by Gasteiger charge is -1.99. The number of carbonyl (C=O) groups is 1. The van der Waals surface area contributed by atoms with Crippen molar-refractivity contribution < 1.29 is 9.90 Å². The van der Waals surface area contributed by atoms with Gasteiger partial charge in [0.15, 0.2) is 0 Å². The summed E-state index contributed by atoms with van der Waals surface area (Å²) in [6.07, 6.45) is 0. The first kappa shape index (κ1) is 11.2. The molecule has 0 aliphatic carbocycles. The van der Waals surface area contributed by atoms with Crippen LogP contribution in [0.5, 0.6) is 0 Å². The molecule has 3 N–H and O–H groups in total. The number of aromatic nitrogens is 3. The number of carboxylic acid groups (broad SMARTS) is 1. The number of aromatic carboxylic acids is 1. The van der Waals surface area contributed by atoms with Crippen LogP contribution in [0.25, 0.3) is 16.7 Å². The Morgan fingerprint density at radius 3 is 2.42 bits per heavy atom. The van der Waals surface area contributed by atoms with Gasteiger partial charge in [0.05, 0.1) is 11.3 Å². The Bertz CT molecular complexity index is 762. The lowest BCUT2D eigenvalue weighted by Crippen LogP contribution is -2.00. The summed E-state index contributed by atoms with van der Waals surface area (Å²) in [5.74, 6) is -0.960.